The van der Waals surface area contributed by atoms with Gasteiger partial charge in [0, 0.05) is 6.04 Å². The van der Waals surface area contributed by atoms with Crippen LogP contribution in [0, 0.1) is 18.8 Å². The fourth-order valence-corrected chi connectivity index (χ4v) is 4.72. The highest BCUT2D eigenvalue weighted by Gasteiger charge is 2.68. The van der Waals surface area contributed by atoms with Crippen LogP contribution in [0.4, 0.5) is 5.69 Å². The number of carboxylic acid groups (broad SMARTS) is 2. The van der Waals surface area contributed by atoms with Gasteiger partial charge in [-0.1, -0.05) is 60.7 Å². The van der Waals surface area contributed by atoms with Crippen molar-refractivity contribution < 1.29 is 29.4 Å². The third-order valence-corrected chi connectivity index (χ3v) is 6.16. The van der Waals surface area contributed by atoms with Crippen molar-refractivity contribution in [2.24, 2.45) is 11.8 Å². The van der Waals surface area contributed by atoms with Crippen molar-refractivity contribution in [3.05, 3.63) is 71.8 Å². The maximum absolute atomic E-state index is 13.5. The first-order valence-electron chi connectivity index (χ1n) is 10.2. The fourth-order valence-electron chi connectivity index (χ4n) is 4.72. The van der Waals surface area contributed by atoms with Crippen molar-refractivity contribution in [1.29, 1.82) is 0 Å². The third-order valence-electron chi connectivity index (χ3n) is 6.16. The SMILES string of the molecule is Cc1ccccc1N1C(=O)C2C(C=Cc3ccccc3)NC(CC(=O)O)(C(=O)O)C2C1=O. The number of imide groups is 1. The maximum Gasteiger partial charge on any atom is 0.325 e. The lowest BCUT2D eigenvalue weighted by molar-refractivity contribution is -0.154. The highest BCUT2D eigenvalue weighted by Crippen LogP contribution is 2.46. The van der Waals surface area contributed by atoms with E-state index in [1.165, 1.54) is 0 Å². The number of aliphatic carboxylic acids is 2. The summed E-state index contributed by atoms with van der Waals surface area (Å²) in [6, 6.07) is 15.2. The van der Waals surface area contributed by atoms with Crippen molar-refractivity contribution in [3.8, 4) is 0 Å². The van der Waals surface area contributed by atoms with Gasteiger partial charge in [0.15, 0.2) is 0 Å². The molecule has 0 spiro atoms. The molecule has 4 atom stereocenters. The summed E-state index contributed by atoms with van der Waals surface area (Å²) >= 11 is 0. The summed E-state index contributed by atoms with van der Waals surface area (Å²) in [5, 5.41) is 22.3. The zero-order valence-electron chi connectivity index (χ0n) is 17.3. The van der Waals surface area contributed by atoms with Crippen LogP contribution in [-0.2, 0) is 19.2 Å². The first kappa shape index (κ1) is 21.5. The second-order valence-electron chi connectivity index (χ2n) is 8.09. The van der Waals surface area contributed by atoms with Gasteiger partial charge >= 0.3 is 11.9 Å². The molecule has 2 aliphatic rings. The van der Waals surface area contributed by atoms with Crippen LogP contribution in [0.5, 0.6) is 0 Å². The van der Waals surface area contributed by atoms with Gasteiger partial charge in [0.2, 0.25) is 11.8 Å². The summed E-state index contributed by atoms with van der Waals surface area (Å²) in [5.74, 6) is -6.50. The third kappa shape index (κ3) is 3.38. The van der Waals surface area contributed by atoms with Crippen LogP contribution >= 0.6 is 0 Å². The van der Waals surface area contributed by atoms with E-state index in [0.29, 0.717) is 11.3 Å². The lowest BCUT2D eigenvalue weighted by Crippen LogP contribution is -2.57. The summed E-state index contributed by atoms with van der Waals surface area (Å²) < 4.78 is 0. The number of para-hydroxylation sites is 1. The molecule has 2 aliphatic heterocycles. The smallest absolute Gasteiger partial charge is 0.325 e. The van der Waals surface area contributed by atoms with Crippen molar-refractivity contribution in [3.63, 3.8) is 0 Å². The molecule has 0 saturated carbocycles. The average molecular weight is 434 g/mol. The zero-order chi connectivity index (χ0) is 23.0. The van der Waals surface area contributed by atoms with Crippen LogP contribution in [0.15, 0.2) is 60.7 Å². The van der Waals surface area contributed by atoms with Gasteiger partial charge in [-0.25, -0.2) is 4.90 Å². The quantitative estimate of drug-likeness (QED) is 0.595. The lowest BCUT2D eigenvalue weighted by Gasteiger charge is -2.29. The molecule has 4 rings (SSSR count). The Balaban J connectivity index is 1.81. The second-order valence-corrected chi connectivity index (χ2v) is 8.09. The Labute approximate surface area is 184 Å². The zero-order valence-corrected chi connectivity index (χ0v) is 17.3. The standard InChI is InChI=1S/C24H22N2O6/c1-14-7-5-6-10-17(14)26-21(29)19-16(12-11-15-8-3-2-4-9-15)25-24(23(31)32,13-18(27)28)20(19)22(26)30/h2-12,16,19-20,25H,13H2,1H3,(H,27,28)(H,31,32). The largest absolute Gasteiger partial charge is 0.481 e. The Morgan fingerprint density at radius 2 is 1.69 bits per heavy atom. The van der Waals surface area contributed by atoms with E-state index in [-0.39, 0.29) is 0 Å². The Morgan fingerprint density at radius 1 is 1.03 bits per heavy atom. The van der Waals surface area contributed by atoms with Crippen LogP contribution in [0.1, 0.15) is 17.5 Å². The molecular formula is C24H22N2O6. The van der Waals surface area contributed by atoms with Crippen molar-refractivity contribution in [2.45, 2.75) is 24.9 Å². The molecule has 0 aromatic heterocycles. The van der Waals surface area contributed by atoms with Gasteiger partial charge in [-0.15, -0.1) is 0 Å². The molecule has 3 N–H and O–H groups in total. The molecule has 4 unspecified atom stereocenters. The molecule has 2 amide bonds. The highest BCUT2D eigenvalue weighted by atomic mass is 16.4. The predicted octanol–water partition coefficient (Wildman–Crippen LogP) is 2.08. The second kappa shape index (κ2) is 8.05. The average Bonchev–Trinajstić information content (AvgIpc) is 3.22. The van der Waals surface area contributed by atoms with Crippen LogP contribution in [-0.4, -0.2) is 45.5 Å². The van der Waals surface area contributed by atoms with E-state index in [4.69, 9.17) is 0 Å². The molecule has 2 heterocycles. The Bertz CT molecular complexity index is 1130. The van der Waals surface area contributed by atoms with Gasteiger partial charge < -0.3 is 10.2 Å². The van der Waals surface area contributed by atoms with E-state index in [1.807, 2.05) is 30.3 Å². The van der Waals surface area contributed by atoms with Gasteiger partial charge in [-0.3, -0.25) is 24.5 Å². The maximum atomic E-state index is 13.5. The van der Waals surface area contributed by atoms with E-state index in [1.54, 1.807) is 43.3 Å². The molecule has 0 radical (unpaired) electrons. The Hall–Kier alpha value is -3.78. The van der Waals surface area contributed by atoms with Crippen molar-refractivity contribution in [1.82, 2.24) is 5.32 Å². The number of aryl methyl sites for hydroxylation is 1. The summed E-state index contributed by atoms with van der Waals surface area (Å²) in [4.78, 5) is 51.9. The van der Waals surface area contributed by atoms with E-state index < -0.39 is 53.6 Å². The minimum atomic E-state index is -2.10. The highest BCUT2D eigenvalue weighted by molar-refractivity contribution is 6.24. The summed E-state index contributed by atoms with van der Waals surface area (Å²) in [5.41, 5.74) is -0.230. The van der Waals surface area contributed by atoms with Crippen molar-refractivity contribution in [2.75, 3.05) is 4.90 Å². The number of amides is 2. The van der Waals surface area contributed by atoms with E-state index in [0.717, 1.165) is 10.5 Å². The summed E-state index contributed by atoms with van der Waals surface area (Å²) in [6.07, 6.45) is 2.52. The minimum Gasteiger partial charge on any atom is -0.481 e. The molecule has 0 aliphatic carbocycles. The number of carbonyl (C=O) groups is 4. The monoisotopic (exact) mass is 434 g/mol. The van der Waals surface area contributed by atoms with Gasteiger partial charge in [0.25, 0.3) is 0 Å². The number of rotatable bonds is 6. The van der Waals surface area contributed by atoms with E-state index in [2.05, 4.69) is 5.32 Å². The number of nitrogens with zero attached hydrogens (tertiary/aromatic N) is 1. The number of anilines is 1. The van der Waals surface area contributed by atoms with Gasteiger partial charge in [-0.2, -0.15) is 0 Å². The van der Waals surface area contributed by atoms with E-state index in [9.17, 15) is 29.4 Å². The number of fused-ring (bicyclic) bond motifs is 1. The number of carbonyl (C=O) groups excluding carboxylic acids is 2. The van der Waals surface area contributed by atoms with Crippen molar-refractivity contribution >= 4 is 35.5 Å². The molecule has 8 nitrogen and oxygen atoms in total. The lowest BCUT2D eigenvalue weighted by atomic mass is 9.78. The van der Waals surface area contributed by atoms with Crippen LogP contribution in [0.25, 0.3) is 6.08 Å². The van der Waals surface area contributed by atoms with Crippen LogP contribution in [0.3, 0.4) is 0 Å². The summed E-state index contributed by atoms with van der Waals surface area (Å²) in [6.45, 7) is 1.75. The molecule has 8 heteroatoms. The first-order valence-corrected chi connectivity index (χ1v) is 10.2. The van der Waals surface area contributed by atoms with Gasteiger partial charge in [-0.05, 0) is 24.1 Å². The molecule has 164 valence electrons. The Kier molecular flexibility index (Phi) is 5.40. The predicted molar refractivity (Wildman–Crippen MR) is 116 cm³/mol. The number of hydrogen-bond acceptors (Lipinski definition) is 5. The number of carboxylic acids is 2. The fraction of sp³-hybridized carbons (Fsp3) is 0.250. The first-order chi connectivity index (χ1) is 15.3. The molecule has 2 saturated heterocycles. The topological polar surface area (TPSA) is 124 Å². The molecule has 2 fully saturated rings. The molecule has 32 heavy (non-hydrogen) atoms. The van der Waals surface area contributed by atoms with Crippen LogP contribution < -0.4 is 10.2 Å². The van der Waals surface area contributed by atoms with Gasteiger partial charge in [0.1, 0.15) is 5.54 Å². The summed E-state index contributed by atoms with van der Waals surface area (Å²) in [7, 11) is 0. The molecule has 2 aromatic carbocycles. The van der Waals surface area contributed by atoms with Crippen LogP contribution in [0.2, 0.25) is 0 Å². The Morgan fingerprint density at radius 3 is 2.31 bits per heavy atom. The van der Waals surface area contributed by atoms with E-state index >= 15 is 0 Å². The molecule has 0 bridgehead atoms. The minimum absolute atomic E-state index is 0.373. The number of hydrogen-bond donors (Lipinski definition) is 3. The molecule has 2 aromatic rings. The van der Waals surface area contributed by atoms with Gasteiger partial charge in [0.05, 0.1) is 23.9 Å². The number of nitrogens with one attached hydrogen (secondary N) is 1. The number of benzene rings is 2. The normalized spacial score (nSPS) is 27.2. The molecular weight excluding hydrogens is 412 g/mol.